The van der Waals surface area contributed by atoms with Gasteiger partial charge in [-0.05, 0) is 54.4 Å². The maximum absolute atomic E-state index is 12.1. The van der Waals surface area contributed by atoms with E-state index in [1.54, 1.807) is 24.4 Å². The molecular formula is C15H12N2O2S. The number of phenols is 1. The number of nitrogens with zero attached hydrogens (tertiary/aromatic N) is 1. The molecule has 4 nitrogen and oxygen atoms in total. The molecule has 0 aliphatic carbocycles. The van der Waals surface area contributed by atoms with Crippen molar-refractivity contribution < 1.29 is 9.90 Å². The van der Waals surface area contributed by atoms with Crippen LogP contribution in [0.1, 0.15) is 15.9 Å². The summed E-state index contributed by atoms with van der Waals surface area (Å²) in [6, 6.07) is 10.6. The van der Waals surface area contributed by atoms with Crippen LogP contribution in [-0.2, 0) is 0 Å². The summed E-state index contributed by atoms with van der Waals surface area (Å²) < 4.78 is 5.16. The Morgan fingerprint density at radius 2 is 2.10 bits per heavy atom. The molecule has 3 aromatic rings. The van der Waals surface area contributed by atoms with Crippen molar-refractivity contribution in [1.82, 2.24) is 4.37 Å². The first-order valence-corrected chi connectivity index (χ1v) is 6.86. The Hall–Kier alpha value is -2.40. The number of aryl methyl sites for hydroxylation is 1. The van der Waals surface area contributed by atoms with Gasteiger partial charge in [0.1, 0.15) is 5.75 Å². The van der Waals surface area contributed by atoms with Crippen LogP contribution < -0.4 is 5.32 Å². The monoisotopic (exact) mass is 284 g/mol. The highest BCUT2D eigenvalue weighted by molar-refractivity contribution is 7.13. The first-order chi connectivity index (χ1) is 9.63. The average molecular weight is 284 g/mol. The lowest BCUT2D eigenvalue weighted by atomic mass is 10.1. The highest BCUT2D eigenvalue weighted by Gasteiger charge is 2.11. The molecule has 0 unspecified atom stereocenters. The second-order valence-corrected chi connectivity index (χ2v) is 5.39. The predicted molar refractivity (Wildman–Crippen MR) is 80.4 cm³/mol. The third kappa shape index (κ3) is 2.35. The minimum Gasteiger partial charge on any atom is -0.507 e. The molecule has 3 rings (SSSR count). The number of rotatable bonds is 2. The van der Waals surface area contributed by atoms with Gasteiger partial charge in [-0.1, -0.05) is 6.07 Å². The molecule has 0 radical (unpaired) electrons. The van der Waals surface area contributed by atoms with Crippen molar-refractivity contribution in [3.63, 3.8) is 0 Å². The van der Waals surface area contributed by atoms with Gasteiger partial charge in [0.25, 0.3) is 5.91 Å². The zero-order valence-electron chi connectivity index (χ0n) is 10.8. The van der Waals surface area contributed by atoms with Gasteiger partial charge in [0, 0.05) is 17.3 Å². The first-order valence-electron chi connectivity index (χ1n) is 6.09. The number of fused-ring (bicyclic) bond motifs is 1. The molecule has 0 saturated heterocycles. The van der Waals surface area contributed by atoms with Crippen molar-refractivity contribution >= 4 is 33.2 Å². The molecular weight excluding hydrogens is 272 g/mol. The summed E-state index contributed by atoms with van der Waals surface area (Å²) in [5.41, 5.74) is 1.85. The van der Waals surface area contributed by atoms with E-state index in [0.29, 0.717) is 5.69 Å². The molecule has 0 spiro atoms. The summed E-state index contributed by atoms with van der Waals surface area (Å²) in [5.74, 6) is -0.342. The predicted octanol–water partition coefficient (Wildman–Crippen LogP) is 3.56. The number of carbonyl (C=O) groups is 1. The lowest BCUT2D eigenvalue weighted by molar-refractivity contribution is 0.102. The van der Waals surface area contributed by atoms with Crippen LogP contribution in [0.25, 0.3) is 10.1 Å². The molecule has 0 aliphatic rings. The summed E-state index contributed by atoms with van der Waals surface area (Å²) in [6.45, 7) is 1.86. The summed E-state index contributed by atoms with van der Waals surface area (Å²) >= 11 is 1.41. The minimum atomic E-state index is -0.329. The summed E-state index contributed by atoms with van der Waals surface area (Å²) in [4.78, 5) is 12.1. The fourth-order valence-corrected chi connectivity index (χ4v) is 2.61. The lowest BCUT2D eigenvalue weighted by Gasteiger charge is -2.07. The van der Waals surface area contributed by atoms with Crippen molar-refractivity contribution in [3.8, 4) is 5.75 Å². The van der Waals surface area contributed by atoms with Crippen LogP contribution in [0.5, 0.6) is 5.75 Å². The van der Waals surface area contributed by atoms with Crippen molar-refractivity contribution in [2.24, 2.45) is 0 Å². The Balaban J connectivity index is 1.87. The van der Waals surface area contributed by atoms with Crippen LogP contribution in [0.3, 0.4) is 0 Å². The standard InChI is InChI=1S/C15H12N2O2S/c1-9-2-4-12(13(18)6-9)15(19)17-11-3-5-14-10(7-11)8-16-20-14/h2-8,18H,1H3,(H,17,19). The van der Waals surface area contributed by atoms with Crippen molar-refractivity contribution in [2.75, 3.05) is 5.32 Å². The number of hydrogen-bond donors (Lipinski definition) is 2. The number of amides is 1. The van der Waals surface area contributed by atoms with Gasteiger partial charge in [-0.25, -0.2) is 0 Å². The van der Waals surface area contributed by atoms with Crippen LogP contribution in [-0.4, -0.2) is 15.4 Å². The maximum Gasteiger partial charge on any atom is 0.259 e. The Labute approximate surface area is 119 Å². The molecule has 1 amide bonds. The van der Waals surface area contributed by atoms with E-state index in [1.807, 2.05) is 25.1 Å². The van der Waals surface area contributed by atoms with Crippen LogP contribution in [0.15, 0.2) is 42.6 Å². The van der Waals surface area contributed by atoms with Crippen LogP contribution in [0.4, 0.5) is 5.69 Å². The van der Waals surface area contributed by atoms with Gasteiger partial charge in [-0.3, -0.25) is 4.79 Å². The normalized spacial score (nSPS) is 10.7. The zero-order valence-corrected chi connectivity index (χ0v) is 11.6. The third-order valence-corrected chi connectivity index (χ3v) is 3.79. The van der Waals surface area contributed by atoms with E-state index in [0.717, 1.165) is 15.6 Å². The number of carbonyl (C=O) groups excluding carboxylic acids is 1. The van der Waals surface area contributed by atoms with Gasteiger partial charge < -0.3 is 10.4 Å². The van der Waals surface area contributed by atoms with Crippen molar-refractivity contribution in [2.45, 2.75) is 6.92 Å². The van der Waals surface area contributed by atoms with Gasteiger partial charge in [0.15, 0.2) is 0 Å². The maximum atomic E-state index is 12.1. The number of aromatic hydroxyl groups is 1. The Morgan fingerprint density at radius 1 is 1.25 bits per heavy atom. The summed E-state index contributed by atoms with van der Waals surface area (Å²) in [7, 11) is 0. The molecule has 2 aromatic carbocycles. The summed E-state index contributed by atoms with van der Waals surface area (Å²) in [5, 5.41) is 13.6. The van der Waals surface area contributed by atoms with Gasteiger partial charge in [-0.15, -0.1) is 0 Å². The average Bonchev–Trinajstić information content (AvgIpc) is 2.85. The quantitative estimate of drug-likeness (QED) is 0.756. The molecule has 0 saturated carbocycles. The molecule has 0 aliphatic heterocycles. The smallest absolute Gasteiger partial charge is 0.259 e. The molecule has 0 atom stereocenters. The van der Waals surface area contributed by atoms with E-state index < -0.39 is 0 Å². The number of benzene rings is 2. The molecule has 0 fully saturated rings. The highest BCUT2D eigenvalue weighted by atomic mass is 32.1. The largest absolute Gasteiger partial charge is 0.507 e. The second-order valence-electron chi connectivity index (χ2n) is 4.55. The van der Waals surface area contributed by atoms with Crippen molar-refractivity contribution in [1.29, 1.82) is 0 Å². The first kappa shape index (κ1) is 12.6. The zero-order chi connectivity index (χ0) is 14.1. The van der Waals surface area contributed by atoms with E-state index in [9.17, 15) is 9.90 Å². The second kappa shape index (κ2) is 4.94. The third-order valence-electron chi connectivity index (χ3n) is 3.01. The molecule has 100 valence electrons. The van der Waals surface area contributed by atoms with Crippen LogP contribution in [0.2, 0.25) is 0 Å². The van der Waals surface area contributed by atoms with Gasteiger partial charge in [0.2, 0.25) is 0 Å². The fourth-order valence-electron chi connectivity index (χ4n) is 1.98. The highest BCUT2D eigenvalue weighted by Crippen LogP contribution is 2.24. The fraction of sp³-hybridized carbons (Fsp3) is 0.0667. The molecule has 1 heterocycles. The number of nitrogens with one attached hydrogen (secondary N) is 1. The Morgan fingerprint density at radius 3 is 2.90 bits per heavy atom. The van der Waals surface area contributed by atoms with E-state index in [4.69, 9.17) is 0 Å². The molecule has 1 aromatic heterocycles. The number of phenolic OH excluding ortho intramolecular Hbond substituents is 1. The number of aromatic nitrogens is 1. The Bertz CT molecular complexity index is 795. The SMILES string of the molecule is Cc1ccc(C(=O)Nc2ccc3sncc3c2)c(O)c1. The lowest BCUT2D eigenvalue weighted by Crippen LogP contribution is -2.12. The Kier molecular flexibility index (Phi) is 3.12. The number of anilines is 1. The minimum absolute atomic E-state index is 0.0132. The van der Waals surface area contributed by atoms with E-state index >= 15 is 0 Å². The summed E-state index contributed by atoms with van der Waals surface area (Å²) in [6.07, 6.45) is 1.76. The van der Waals surface area contributed by atoms with Gasteiger partial charge in [-0.2, -0.15) is 4.37 Å². The molecule has 5 heteroatoms. The van der Waals surface area contributed by atoms with E-state index in [-0.39, 0.29) is 17.2 Å². The van der Waals surface area contributed by atoms with Gasteiger partial charge in [0.05, 0.1) is 10.3 Å². The van der Waals surface area contributed by atoms with Crippen molar-refractivity contribution in [3.05, 3.63) is 53.7 Å². The number of hydrogen-bond acceptors (Lipinski definition) is 4. The van der Waals surface area contributed by atoms with Crippen LogP contribution >= 0.6 is 11.5 Å². The molecule has 20 heavy (non-hydrogen) atoms. The van der Waals surface area contributed by atoms with Gasteiger partial charge >= 0.3 is 0 Å². The molecule has 0 bridgehead atoms. The van der Waals surface area contributed by atoms with E-state index in [2.05, 4.69) is 9.69 Å². The topological polar surface area (TPSA) is 62.2 Å². The van der Waals surface area contributed by atoms with E-state index in [1.165, 1.54) is 11.5 Å². The molecule has 2 N–H and O–H groups in total. The van der Waals surface area contributed by atoms with Crippen LogP contribution in [0, 0.1) is 6.92 Å².